The number of halogens is 1. The highest BCUT2D eigenvalue weighted by molar-refractivity contribution is 5.95. The molecule has 0 heterocycles. The summed E-state index contributed by atoms with van der Waals surface area (Å²) in [6.07, 6.45) is 0. The van der Waals surface area contributed by atoms with Gasteiger partial charge in [0.05, 0.1) is 7.11 Å². The van der Waals surface area contributed by atoms with Gasteiger partial charge in [0.1, 0.15) is 23.2 Å². The van der Waals surface area contributed by atoms with Gasteiger partial charge in [-0.25, -0.2) is 4.39 Å². The summed E-state index contributed by atoms with van der Waals surface area (Å²) >= 11 is 0. The highest BCUT2D eigenvalue weighted by Gasteiger charge is 2.15. The Bertz CT molecular complexity index is 645. The number of anilines is 1. The van der Waals surface area contributed by atoms with E-state index in [1.54, 1.807) is 12.1 Å². The van der Waals surface area contributed by atoms with E-state index in [4.69, 9.17) is 15.7 Å². The summed E-state index contributed by atoms with van der Waals surface area (Å²) in [5.41, 5.74) is 7.04. The van der Waals surface area contributed by atoms with Crippen LogP contribution in [0.3, 0.4) is 0 Å². The Balaban J connectivity index is 0.000000861. The molecule has 0 fully saturated rings. The third-order valence-corrected chi connectivity index (χ3v) is 2.68. The largest absolute Gasteiger partial charge is 0.495 e. The first-order valence-corrected chi connectivity index (χ1v) is 6.05. The Morgan fingerprint density at radius 3 is 2.42 bits per heavy atom. The third kappa shape index (κ3) is 2.60. The number of methoxy groups -OCH3 is 1. The number of fused-ring (bicyclic) bond motifs is 1. The first-order chi connectivity index (χ1) is 9.08. The third-order valence-electron chi connectivity index (χ3n) is 2.68. The van der Waals surface area contributed by atoms with Gasteiger partial charge in [-0.05, 0) is 36.1 Å². The Labute approximate surface area is 112 Å². The monoisotopic (exact) mass is 260 g/mol. The van der Waals surface area contributed by atoms with Crippen molar-refractivity contribution in [3.05, 3.63) is 35.1 Å². The van der Waals surface area contributed by atoms with E-state index in [1.807, 2.05) is 26.8 Å². The van der Waals surface area contributed by atoms with Crippen LogP contribution in [0.4, 0.5) is 10.1 Å². The zero-order valence-corrected chi connectivity index (χ0v) is 11.5. The van der Waals surface area contributed by atoms with Crippen LogP contribution in [0.25, 0.3) is 10.8 Å². The lowest BCUT2D eigenvalue weighted by Crippen LogP contribution is -1.96. The van der Waals surface area contributed by atoms with E-state index < -0.39 is 5.82 Å². The van der Waals surface area contributed by atoms with Gasteiger partial charge < -0.3 is 10.5 Å². The number of nitrogen functional groups attached to an aromatic ring is 1. The first-order valence-electron chi connectivity index (χ1n) is 6.05. The second kappa shape index (κ2) is 6.05. The average molecular weight is 260 g/mol. The van der Waals surface area contributed by atoms with Crippen LogP contribution in [-0.2, 0) is 0 Å². The molecule has 0 saturated heterocycles. The second-order valence-corrected chi connectivity index (χ2v) is 3.81. The molecule has 0 aliphatic rings. The van der Waals surface area contributed by atoms with Crippen molar-refractivity contribution in [1.82, 2.24) is 0 Å². The van der Waals surface area contributed by atoms with Gasteiger partial charge in [-0.2, -0.15) is 5.26 Å². The number of aryl methyl sites for hydroxylation is 1. The van der Waals surface area contributed by atoms with E-state index in [-0.39, 0.29) is 11.3 Å². The van der Waals surface area contributed by atoms with Crippen molar-refractivity contribution in [3.8, 4) is 11.8 Å². The molecule has 0 amide bonds. The highest BCUT2D eigenvalue weighted by Crippen LogP contribution is 2.35. The molecule has 0 aliphatic carbocycles. The van der Waals surface area contributed by atoms with Gasteiger partial charge in [0, 0.05) is 11.1 Å². The lowest BCUT2D eigenvalue weighted by molar-refractivity contribution is 0.414. The van der Waals surface area contributed by atoms with E-state index in [2.05, 4.69) is 0 Å². The number of benzene rings is 2. The number of nitrogens with two attached hydrogens (primary N) is 1. The van der Waals surface area contributed by atoms with E-state index in [1.165, 1.54) is 13.2 Å². The normalized spacial score (nSPS) is 9.47. The number of hydrogen-bond donors (Lipinski definition) is 1. The van der Waals surface area contributed by atoms with Crippen molar-refractivity contribution in [2.24, 2.45) is 0 Å². The highest BCUT2D eigenvalue weighted by atomic mass is 19.1. The smallest absolute Gasteiger partial charge is 0.147 e. The molecule has 0 aromatic heterocycles. The molecule has 0 spiro atoms. The van der Waals surface area contributed by atoms with Crippen LogP contribution < -0.4 is 10.5 Å². The Kier molecular flexibility index (Phi) is 4.71. The molecule has 0 radical (unpaired) electrons. The van der Waals surface area contributed by atoms with Crippen molar-refractivity contribution in [3.63, 3.8) is 0 Å². The van der Waals surface area contributed by atoms with Crippen LogP contribution in [0, 0.1) is 24.1 Å². The summed E-state index contributed by atoms with van der Waals surface area (Å²) in [5, 5.41) is 10.3. The van der Waals surface area contributed by atoms with Crippen molar-refractivity contribution in [2.75, 3.05) is 12.8 Å². The molecule has 0 saturated carbocycles. The molecular weight excluding hydrogens is 243 g/mol. The van der Waals surface area contributed by atoms with Crippen LogP contribution in [0.15, 0.2) is 18.2 Å². The summed E-state index contributed by atoms with van der Waals surface area (Å²) in [5.74, 6) is -0.332. The molecule has 0 atom stereocenters. The maximum absolute atomic E-state index is 13.7. The van der Waals surface area contributed by atoms with E-state index in [0.29, 0.717) is 11.1 Å². The summed E-state index contributed by atoms with van der Waals surface area (Å²) in [6, 6.07) is 6.55. The molecule has 100 valence electrons. The maximum Gasteiger partial charge on any atom is 0.147 e. The number of nitrogens with zero attached hydrogens (tertiary/aromatic N) is 1. The molecule has 0 aliphatic heterocycles. The fourth-order valence-corrected chi connectivity index (χ4v) is 2.02. The first kappa shape index (κ1) is 14.8. The zero-order chi connectivity index (χ0) is 14.6. The fraction of sp³-hybridized carbons (Fsp3) is 0.267. The van der Waals surface area contributed by atoms with Crippen LogP contribution in [0.2, 0.25) is 0 Å². The zero-order valence-electron chi connectivity index (χ0n) is 11.5. The molecule has 0 bridgehead atoms. The Morgan fingerprint density at radius 2 is 1.89 bits per heavy atom. The van der Waals surface area contributed by atoms with Gasteiger partial charge in [-0.1, -0.05) is 13.8 Å². The average Bonchev–Trinajstić information content (AvgIpc) is 2.38. The lowest BCUT2D eigenvalue weighted by Gasteiger charge is -2.11. The summed E-state index contributed by atoms with van der Waals surface area (Å²) in [6.45, 7) is 5.85. The van der Waals surface area contributed by atoms with Gasteiger partial charge in [-0.3, -0.25) is 0 Å². The van der Waals surface area contributed by atoms with Crippen LogP contribution in [-0.4, -0.2) is 7.11 Å². The van der Waals surface area contributed by atoms with Crippen LogP contribution in [0.1, 0.15) is 25.0 Å². The van der Waals surface area contributed by atoms with Crippen LogP contribution in [0.5, 0.6) is 5.75 Å². The molecule has 0 unspecified atom stereocenters. The lowest BCUT2D eigenvalue weighted by atomic mass is 10.00. The number of ether oxygens (including phenoxy) is 1. The molecule has 3 nitrogen and oxygen atoms in total. The molecule has 2 rings (SSSR count). The van der Waals surface area contributed by atoms with E-state index in [9.17, 15) is 4.39 Å². The predicted octanol–water partition coefficient (Wildman–Crippen LogP) is 3.78. The fourth-order valence-electron chi connectivity index (χ4n) is 2.02. The number of hydrogen-bond acceptors (Lipinski definition) is 3. The Hall–Kier alpha value is -2.28. The number of rotatable bonds is 1. The van der Waals surface area contributed by atoms with Gasteiger partial charge in [0.2, 0.25) is 0 Å². The SMILES string of the molecule is CC.COc1c(C#N)c(F)cc2cc(N)cc(C)c12. The molecule has 2 aromatic carbocycles. The van der Waals surface area contributed by atoms with Crippen molar-refractivity contribution < 1.29 is 9.13 Å². The van der Waals surface area contributed by atoms with Gasteiger partial charge in [0.15, 0.2) is 0 Å². The molecule has 19 heavy (non-hydrogen) atoms. The second-order valence-electron chi connectivity index (χ2n) is 3.81. The predicted molar refractivity (Wildman–Crippen MR) is 75.7 cm³/mol. The minimum Gasteiger partial charge on any atom is -0.495 e. The van der Waals surface area contributed by atoms with Gasteiger partial charge in [0.25, 0.3) is 0 Å². The van der Waals surface area contributed by atoms with Gasteiger partial charge >= 0.3 is 0 Å². The minimum absolute atomic E-state index is 0.0760. The van der Waals surface area contributed by atoms with Crippen molar-refractivity contribution in [2.45, 2.75) is 20.8 Å². The molecule has 4 heteroatoms. The van der Waals surface area contributed by atoms with Crippen LogP contribution >= 0.6 is 0 Å². The van der Waals surface area contributed by atoms with Gasteiger partial charge in [-0.15, -0.1) is 0 Å². The van der Waals surface area contributed by atoms with Crippen molar-refractivity contribution >= 4 is 16.5 Å². The summed E-state index contributed by atoms with van der Waals surface area (Å²) in [7, 11) is 1.42. The number of nitriles is 1. The minimum atomic E-state index is -0.596. The topological polar surface area (TPSA) is 59.0 Å². The Morgan fingerprint density at radius 1 is 1.26 bits per heavy atom. The summed E-state index contributed by atoms with van der Waals surface area (Å²) in [4.78, 5) is 0. The molecule has 2 aromatic rings. The molecular formula is C15H17FN2O. The molecule has 2 N–H and O–H groups in total. The van der Waals surface area contributed by atoms with E-state index >= 15 is 0 Å². The standard InChI is InChI=1S/C13H11FN2O.C2H6/c1-7-3-9(16)4-8-5-11(14)10(6-15)13(17-2)12(7)8;1-2/h3-5H,16H2,1-2H3;1-2H3. The van der Waals surface area contributed by atoms with Crippen molar-refractivity contribution in [1.29, 1.82) is 5.26 Å². The summed E-state index contributed by atoms with van der Waals surface area (Å²) < 4.78 is 18.8. The van der Waals surface area contributed by atoms with E-state index in [0.717, 1.165) is 10.9 Å². The maximum atomic E-state index is 13.7. The quantitative estimate of drug-likeness (QED) is 0.794.